The minimum atomic E-state index is -0.384. The van der Waals surface area contributed by atoms with Crippen molar-refractivity contribution in [3.8, 4) is 0 Å². The van der Waals surface area contributed by atoms with Gasteiger partial charge in [0, 0.05) is 32.7 Å². The number of carbonyl (C=O) groups is 1. The van der Waals surface area contributed by atoms with Gasteiger partial charge in [0.1, 0.15) is 0 Å². The summed E-state index contributed by atoms with van der Waals surface area (Å²) in [6.07, 6.45) is 0. The molecule has 0 bridgehead atoms. The number of piperazine rings is 1. The van der Waals surface area contributed by atoms with Crippen molar-refractivity contribution in [2.24, 2.45) is 5.73 Å². The van der Waals surface area contributed by atoms with Gasteiger partial charge in [0.2, 0.25) is 5.91 Å². The summed E-state index contributed by atoms with van der Waals surface area (Å²) in [5.41, 5.74) is 6.94. The van der Waals surface area contributed by atoms with Gasteiger partial charge >= 0.3 is 0 Å². The van der Waals surface area contributed by atoms with Crippen LogP contribution in [0.1, 0.15) is 12.5 Å². The Hall–Kier alpha value is -1.39. The molecule has 4 nitrogen and oxygen atoms in total. The molecule has 1 fully saturated rings. The summed E-state index contributed by atoms with van der Waals surface area (Å²) in [5.74, 6) is 0.0642. The Bertz CT molecular complexity index is 383. The lowest BCUT2D eigenvalue weighted by Crippen LogP contribution is -2.52. The number of carbonyl (C=O) groups excluding carboxylic acids is 1. The highest BCUT2D eigenvalue weighted by molar-refractivity contribution is 5.81. The lowest BCUT2D eigenvalue weighted by molar-refractivity contribution is -0.134. The van der Waals surface area contributed by atoms with Gasteiger partial charge in [-0.2, -0.15) is 0 Å². The van der Waals surface area contributed by atoms with E-state index in [1.807, 2.05) is 11.0 Å². The molecule has 1 aliphatic heterocycles. The van der Waals surface area contributed by atoms with Crippen molar-refractivity contribution in [2.45, 2.75) is 19.5 Å². The standard InChI is InChI=1S/C14H21N3O/c1-12(15)14(18)17-9-7-16(8-10-17)11-13-5-3-2-4-6-13/h2-6,12H,7-11,15H2,1H3/t12-/m0/s1. The van der Waals surface area contributed by atoms with Crippen LogP contribution in [0.15, 0.2) is 30.3 Å². The first-order chi connectivity index (χ1) is 8.66. The topological polar surface area (TPSA) is 49.6 Å². The Balaban J connectivity index is 1.82. The van der Waals surface area contributed by atoms with Crippen LogP contribution in [-0.4, -0.2) is 47.9 Å². The largest absolute Gasteiger partial charge is 0.339 e. The summed E-state index contributed by atoms with van der Waals surface area (Å²) < 4.78 is 0. The van der Waals surface area contributed by atoms with Gasteiger partial charge in [-0.3, -0.25) is 9.69 Å². The zero-order valence-electron chi connectivity index (χ0n) is 10.9. The molecule has 4 heteroatoms. The Kier molecular flexibility index (Phi) is 4.33. The van der Waals surface area contributed by atoms with Crippen LogP contribution < -0.4 is 5.73 Å². The summed E-state index contributed by atoms with van der Waals surface area (Å²) in [7, 11) is 0. The van der Waals surface area contributed by atoms with E-state index in [9.17, 15) is 4.79 Å². The summed E-state index contributed by atoms with van der Waals surface area (Å²) >= 11 is 0. The van der Waals surface area contributed by atoms with Crippen molar-refractivity contribution in [3.63, 3.8) is 0 Å². The molecule has 2 N–H and O–H groups in total. The van der Waals surface area contributed by atoms with E-state index in [0.717, 1.165) is 32.7 Å². The van der Waals surface area contributed by atoms with E-state index in [-0.39, 0.29) is 11.9 Å². The van der Waals surface area contributed by atoms with E-state index in [0.29, 0.717) is 0 Å². The fourth-order valence-corrected chi connectivity index (χ4v) is 2.26. The van der Waals surface area contributed by atoms with E-state index < -0.39 is 0 Å². The van der Waals surface area contributed by atoms with Gasteiger partial charge in [-0.1, -0.05) is 30.3 Å². The molecule has 1 aromatic carbocycles. The molecule has 98 valence electrons. The Morgan fingerprint density at radius 1 is 1.22 bits per heavy atom. The van der Waals surface area contributed by atoms with Crippen molar-refractivity contribution < 1.29 is 4.79 Å². The molecule has 18 heavy (non-hydrogen) atoms. The normalized spacial score (nSPS) is 18.7. The van der Waals surface area contributed by atoms with Gasteiger partial charge in [0.25, 0.3) is 0 Å². The molecule has 2 rings (SSSR count). The number of hydrogen-bond acceptors (Lipinski definition) is 3. The maximum absolute atomic E-state index is 11.7. The number of rotatable bonds is 3. The molecule has 0 unspecified atom stereocenters. The molecule has 1 heterocycles. The highest BCUT2D eigenvalue weighted by Gasteiger charge is 2.22. The second-order valence-corrected chi connectivity index (χ2v) is 4.88. The predicted molar refractivity (Wildman–Crippen MR) is 71.9 cm³/mol. The van der Waals surface area contributed by atoms with Crippen LogP contribution in [0.2, 0.25) is 0 Å². The van der Waals surface area contributed by atoms with Crippen molar-refractivity contribution >= 4 is 5.91 Å². The van der Waals surface area contributed by atoms with Gasteiger partial charge in [-0.05, 0) is 12.5 Å². The average Bonchev–Trinajstić information content (AvgIpc) is 2.40. The lowest BCUT2D eigenvalue weighted by Gasteiger charge is -2.35. The van der Waals surface area contributed by atoms with Crippen LogP contribution in [0.3, 0.4) is 0 Å². The molecule has 0 aliphatic carbocycles. The number of benzene rings is 1. The molecule has 1 aliphatic rings. The third-order valence-corrected chi connectivity index (χ3v) is 3.32. The third kappa shape index (κ3) is 3.31. The molecule has 0 spiro atoms. The van der Waals surface area contributed by atoms with E-state index in [4.69, 9.17) is 5.73 Å². The molecule has 0 aromatic heterocycles. The second kappa shape index (κ2) is 5.98. The van der Waals surface area contributed by atoms with Crippen LogP contribution in [-0.2, 0) is 11.3 Å². The molecular formula is C14H21N3O. The molecule has 1 aromatic rings. The molecule has 0 radical (unpaired) electrons. The first-order valence-corrected chi connectivity index (χ1v) is 6.47. The minimum Gasteiger partial charge on any atom is -0.339 e. The Morgan fingerprint density at radius 3 is 2.39 bits per heavy atom. The first-order valence-electron chi connectivity index (χ1n) is 6.47. The van der Waals surface area contributed by atoms with E-state index in [1.54, 1.807) is 6.92 Å². The van der Waals surface area contributed by atoms with Crippen molar-refractivity contribution in [1.29, 1.82) is 0 Å². The van der Waals surface area contributed by atoms with Gasteiger partial charge in [-0.15, -0.1) is 0 Å². The smallest absolute Gasteiger partial charge is 0.239 e. The fraction of sp³-hybridized carbons (Fsp3) is 0.500. The summed E-state index contributed by atoms with van der Waals surface area (Å²) in [6, 6.07) is 10.0. The molecule has 1 amide bonds. The van der Waals surface area contributed by atoms with E-state index >= 15 is 0 Å². The van der Waals surface area contributed by atoms with E-state index in [2.05, 4.69) is 29.2 Å². The van der Waals surface area contributed by atoms with Crippen LogP contribution in [0.4, 0.5) is 0 Å². The zero-order chi connectivity index (χ0) is 13.0. The number of amides is 1. The zero-order valence-corrected chi connectivity index (χ0v) is 10.9. The van der Waals surface area contributed by atoms with Gasteiger partial charge in [0.15, 0.2) is 0 Å². The fourth-order valence-electron chi connectivity index (χ4n) is 2.26. The van der Waals surface area contributed by atoms with Crippen LogP contribution in [0.25, 0.3) is 0 Å². The second-order valence-electron chi connectivity index (χ2n) is 4.88. The molecule has 0 saturated carbocycles. The third-order valence-electron chi connectivity index (χ3n) is 3.32. The monoisotopic (exact) mass is 247 g/mol. The SMILES string of the molecule is C[C@H](N)C(=O)N1CCN(Cc2ccccc2)CC1. The summed E-state index contributed by atoms with van der Waals surface area (Å²) in [6.45, 7) is 6.13. The van der Waals surface area contributed by atoms with Crippen LogP contribution in [0, 0.1) is 0 Å². The summed E-state index contributed by atoms with van der Waals surface area (Å²) in [4.78, 5) is 16.0. The number of nitrogens with zero attached hydrogens (tertiary/aromatic N) is 2. The number of nitrogens with two attached hydrogens (primary N) is 1. The molecule has 1 saturated heterocycles. The van der Waals surface area contributed by atoms with Crippen LogP contribution in [0.5, 0.6) is 0 Å². The predicted octanol–water partition coefficient (Wildman–Crippen LogP) is 0.678. The average molecular weight is 247 g/mol. The number of hydrogen-bond donors (Lipinski definition) is 1. The highest BCUT2D eigenvalue weighted by atomic mass is 16.2. The molecular weight excluding hydrogens is 226 g/mol. The van der Waals surface area contributed by atoms with Gasteiger partial charge in [0.05, 0.1) is 6.04 Å². The minimum absolute atomic E-state index is 0.0642. The van der Waals surface area contributed by atoms with Gasteiger partial charge < -0.3 is 10.6 Å². The lowest BCUT2D eigenvalue weighted by atomic mass is 10.2. The van der Waals surface area contributed by atoms with Crippen LogP contribution >= 0.6 is 0 Å². The summed E-state index contributed by atoms with van der Waals surface area (Å²) in [5, 5.41) is 0. The quantitative estimate of drug-likeness (QED) is 0.854. The first kappa shape index (κ1) is 13.1. The highest BCUT2D eigenvalue weighted by Crippen LogP contribution is 2.08. The Morgan fingerprint density at radius 2 is 1.83 bits per heavy atom. The maximum atomic E-state index is 11.7. The van der Waals surface area contributed by atoms with Crippen molar-refractivity contribution in [1.82, 2.24) is 9.80 Å². The Labute approximate surface area is 108 Å². The molecule has 1 atom stereocenters. The van der Waals surface area contributed by atoms with Crippen molar-refractivity contribution in [3.05, 3.63) is 35.9 Å². The van der Waals surface area contributed by atoms with Crippen molar-refractivity contribution in [2.75, 3.05) is 26.2 Å². The maximum Gasteiger partial charge on any atom is 0.239 e. The van der Waals surface area contributed by atoms with E-state index in [1.165, 1.54) is 5.56 Å². The van der Waals surface area contributed by atoms with Gasteiger partial charge in [-0.25, -0.2) is 0 Å².